The molecular formula is C16H27N3O. The summed E-state index contributed by atoms with van der Waals surface area (Å²) < 4.78 is 5.32. The van der Waals surface area contributed by atoms with Crippen LogP contribution in [0.25, 0.3) is 0 Å². The van der Waals surface area contributed by atoms with Crippen LogP contribution in [0.3, 0.4) is 0 Å². The molecular weight excluding hydrogens is 250 g/mol. The number of aliphatic imine (C=N–C) groups is 1. The van der Waals surface area contributed by atoms with E-state index in [4.69, 9.17) is 4.74 Å². The maximum atomic E-state index is 5.32. The summed E-state index contributed by atoms with van der Waals surface area (Å²) in [4.78, 5) is 4.60. The van der Waals surface area contributed by atoms with Crippen molar-refractivity contribution in [1.82, 2.24) is 10.6 Å². The molecule has 0 aliphatic carbocycles. The Bertz CT molecular complexity index is 404. The predicted octanol–water partition coefficient (Wildman–Crippen LogP) is 2.48. The second-order valence-corrected chi connectivity index (χ2v) is 4.66. The van der Waals surface area contributed by atoms with Gasteiger partial charge in [0.2, 0.25) is 0 Å². The predicted molar refractivity (Wildman–Crippen MR) is 85.1 cm³/mol. The van der Waals surface area contributed by atoms with E-state index in [2.05, 4.69) is 53.7 Å². The van der Waals surface area contributed by atoms with E-state index in [0.717, 1.165) is 38.7 Å². The monoisotopic (exact) mass is 277 g/mol. The molecule has 112 valence electrons. The molecule has 0 amide bonds. The number of ether oxygens (including phenoxy) is 1. The summed E-state index contributed by atoms with van der Waals surface area (Å²) in [6, 6.07) is 8.45. The third kappa shape index (κ3) is 7.14. The van der Waals surface area contributed by atoms with Crippen LogP contribution in [0.5, 0.6) is 0 Å². The maximum absolute atomic E-state index is 5.32. The van der Waals surface area contributed by atoms with E-state index in [1.807, 2.05) is 6.92 Å². The number of rotatable bonds is 8. The standard InChI is InChI=1S/C16H27N3O/c1-4-17-16(18-10-7-11-20-5-2)19-13-15-9-6-8-14(3)12-15/h6,8-9,12H,4-5,7,10-11,13H2,1-3H3,(H2,17,18,19). The summed E-state index contributed by atoms with van der Waals surface area (Å²) in [6.45, 7) is 10.2. The lowest BCUT2D eigenvalue weighted by Gasteiger charge is -2.11. The summed E-state index contributed by atoms with van der Waals surface area (Å²) in [7, 11) is 0. The number of nitrogens with one attached hydrogen (secondary N) is 2. The van der Waals surface area contributed by atoms with Gasteiger partial charge in [-0.1, -0.05) is 29.8 Å². The largest absolute Gasteiger partial charge is 0.382 e. The first kappa shape index (κ1) is 16.5. The molecule has 0 heterocycles. The number of hydrogen-bond donors (Lipinski definition) is 2. The van der Waals surface area contributed by atoms with Crippen molar-refractivity contribution in [2.24, 2.45) is 4.99 Å². The molecule has 0 aromatic heterocycles. The van der Waals surface area contributed by atoms with Gasteiger partial charge in [-0.25, -0.2) is 4.99 Å². The van der Waals surface area contributed by atoms with Gasteiger partial charge in [0.1, 0.15) is 0 Å². The highest BCUT2D eigenvalue weighted by Crippen LogP contribution is 2.04. The van der Waals surface area contributed by atoms with Gasteiger partial charge in [-0.3, -0.25) is 0 Å². The van der Waals surface area contributed by atoms with E-state index >= 15 is 0 Å². The highest BCUT2D eigenvalue weighted by molar-refractivity contribution is 5.79. The smallest absolute Gasteiger partial charge is 0.191 e. The van der Waals surface area contributed by atoms with Gasteiger partial charge in [-0.05, 0) is 32.8 Å². The van der Waals surface area contributed by atoms with E-state index in [1.54, 1.807) is 0 Å². The Morgan fingerprint density at radius 1 is 1.25 bits per heavy atom. The minimum atomic E-state index is 0.697. The molecule has 20 heavy (non-hydrogen) atoms. The first-order valence-corrected chi connectivity index (χ1v) is 7.41. The highest BCUT2D eigenvalue weighted by atomic mass is 16.5. The molecule has 1 aromatic rings. The van der Waals surface area contributed by atoms with E-state index in [9.17, 15) is 0 Å². The summed E-state index contributed by atoms with van der Waals surface area (Å²) in [5.41, 5.74) is 2.50. The fourth-order valence-corrected chi connectivity index (χ4v) is 1.85. The fraction of sp³-hybridized carbons (Fsp3) is 0.562. The zero-order valence-electron chi connectivity index (χ0n) is 12.9. The van der Waals surface area contributed by atoms with Crippen LogP contribution in [-0.2, 0) is 11.3 Å². The molecule has 0 aliphatic heterocycles. The van der Waals surface area contributed by atoms with Crippen LogP contribution in [-0.4, -0.2) is 32.3 Å². The topological polar surface area (TPSA) is 45.7 Å². The quantitative estimate of drug-likeness (QED) is 0.436. The first-order valence-electron chi connectivity index (χ1n) is 7.41. The minimum Gasteiger partial charge on any atom is -0.382 e. The van der Waals surface area contributed by atoms with Gasteiger partial charge in [-0.15, -0.1) is 0 Å². The zero-order chi connectivity index (χ0) is 14.6. The Labute approximate surface area is 122 Å². The molecule has 2 N–H and O–H groups in total. The van der Waals surface area contributed by atoms with Crippen LogP contribution in [0, 0.1) is 6.92 Å². The molecule has 0 unspecified atom stereocenters. The molecule has 1 aromatic carbocycles. The Balaban J connectivity index is 2.41. The van der Waals surface area contributed by atoms with E-state index in [-0.39, 0.29) is 0 Å². The molecule has 0 bridgehead atoms. The van der Waals surface area contributed by atoms with Crippen LogP contribution in [0.4, 0.5) is 0 Å². The van der Waals surface area contributed by atoms with Crippen molar-refractivity contribution < 1.29 is 4.74 Å². The second-order valence-electron chi connectivity index (χ2n) is 4.66. The van der Waals surface area contributed by atoms with Gasteiger partial charge in [-0.2, -0.15) is 0 Å². The highest BCUT2D eigenvalue weighted by Gasteiger charge is 1.97. The molecule has 0 atom stereocenters. The third-order valence-corrected chi connectivity index (χ3v) is 2.81. The number of aryl methyl sites for hydroxylation is 1. The Hall–Kier alpha value is -1.55. The van der Waals surface area contributed by atoms with Gasteiger partial charge in [0.05, 0.1) is 6.54 Å². The van der Waals surface area contributed by atoms with Crippen molar-refractivity contribution in [3.63, 3.8) is 0 Å². The van der Waals surface area contributed by atoms with Gasteiger partial charge >= 0.3 is 0 Å². The van der Waals surface area contributed by atoms with Crippen LogP contribution >= 0.6 is 0 Å². The first-order chi connectivity index (χ1) is 9.76. The molecule has 0 saturated carbocycles. The number of hydrogen-bond acceptors (Lipinski definition) is 2. The molecule has 4 heteroatoms. The summed E-state index contributed by atoms with van der Waals surface area (Å²) in [5.74, 6) is 0.866. The van der Waals surface area contributed by atoms with Crippen LogP contribution in [0.1, 0.15) is 31.4 Å². The SMILES string of the molecule is CCNC(=NCc1cccc(C)c1)NCCCOCC. The fourth-order valence-electron chi connectivity index (χ4n) is 1.85. The van der Waals surface area contributed by atoms with Crippen molar-refractivity contribution >= 4 is 5.96 Å². The number of guanidine groups is 1. The molecule has 0 saturated heterocycles. The van der Waals surface area contributed by atoms with Crippen LogP contribution < -0.4 is 10.6 Å². The molecule has 0 radical (unpaired) electrons. The van der Waals surface area contributed by atoms with Gasteiger partial charge < -0.3 is 15.4 Å². The van der Waals surface area contributed by atoms with Crippen molar-refractivity contribution in [2.45, 2.75) is 33.7 Å². The Morgan fingerprint density at radius 3 is 2.80 bits per heavy atom. The van der Waals surface area contributed by atoms with Crippen molar-refractivity contribution in [1.29, 1.82) is 0 Å². The second kappa shape index (κ2) is 10.3. The van der Waals surface area contributed by atoms with Crippen LogP contribution in [0.2, 0.25) is 0 Å². The van der Waals surface area contributed by atoms with E-state index in [0.29, 0.717) is 6.54 Å². The summed E-state index contributed by atoms with van der Waals surface area (Å²) in [5, 5.41) is 6.58. The average molecular weight is 277 g/mol. The number of nitrogens with zero attached hydrogens (tertiary/aromatic N) is 1. The number of benzene rings is 1. The minimum absolute atomic E-state index is 0.697. The molecule has 0 aliphatic rings. The Kier molecular flexibility index (Phi) is 8.47. The summed E-state index contributed by atoms with van der Waals surface area (Å²) >= 11 is 0. The summed E-state index contributed by atoms with van der Waals surface area (Å²) in [6.07, 6.45) is 0.989. The van der Waals surface area contributed by atoms with Gasteiger partial charge in [0.25, 0.3) is 0 Å². The van der Waals surface area contributed by atoms with E-state index in [1.165, 1.54) is 11.1 Å². The van der Waals surface area contributed by atoms with Gasteiger partial charge in [0.15, 0.2) is 5.96 Å². The molecule has 4 nitrogen and oxygen atoms in total. The lowest BCUT2D eigenvalue weighted by molar-refractivity contribution is 0.145. The van der Waals surface area contributed by atoms with Gasteiger partial charge in [0, 0.05) is 26.3 Å². The maximum Gasteiger partial charge on any atom is 0.191 e. The molecule has 1 rings (SSSR count). The van der Waals surface area contributed by atoms with Crippen molar-refractivity contribution in [3.05, 3.63) is 35.4 Å². The van der Waals surface area contributed by atoms with Crippen molar-refractivity contribution in [3.8, 4) is 0 Å². The normalized spacial score (nSPS) is 11.4. The third-order valence-electron chi connectivity index (χ3n) is 2.81. The van der Waals surface area contributed by atoms with E-state index < -0.39 is 0 Å². The van der Waals surface area contributed by atoms with Crippen LogP contribution in [0.15, 0.2) is 29.3 Å². The molecule has 0 spiro atoms. The lowest BCUT2D eigenvalue weighted by Crippen LogP contribution is -2.38. The molecule has 0 fully saturated rings. The lowest BCUT2D eigenvalue weighted by atomic mass is 10.1. The van der Waals surface area contributed by atoms with Crippen molar-refractivity contribution in [2.75, 3.05) is 26.3 Å². The zero-order valence-corrected chi connectivity index (χ0v) is 12.9. The Morgan fingerprint density at radius 2 is 2.10 bits per heavy atom. The average Bonchev–Trinajstić information content (AvgIpc) is 2.44.